The van der Waals surface area contributed by atoms with E-state index in [1.165, 1.54) is 44.5 Å². The second kappa shape index (κ2) is 11.2. The zero-order chi connectivity index (χ0) is 12.6. The summed E-state index contributed by atoms with van der Waals surface area (Å²) in [4.78, 5) is 2.56. The number of hydrogen-bond donors (Lipinski definition) is 1. The predicted molar refractivity (Wildman–Crippen MR) is 89.5 cm³/mol. The molecule has 2 rings (SSSR count). The molecule has 1 N–H and O–H groups in total. The SMILES string of the molecule is COc1ccc(CNCCCN2CCCC2)cc1.Cl.Cl. The fourth-order valence-corrected chi connectivity index (χ4v) is 2.41. The zero-order valence-corrected chi connectivity index (χ0v) is 13.8. The summed E-state index contributed by atoms with van der Waals surface area (Å²) < 4.78 is 5.14. The van der Waals surface area contributed by atoms with Gasteiger partial charge >= 0.3 is 0 Å². The van der Waals surface area contributed by atoms with Gasteiger partial charge in [0, 0.05) is 6.54 Å². The lowest BCUT2D eigenvalue weighted by Crippen LogP contribution is -2.24. The second-order valence-electron chi connectivity index (χ2n) is 4.93. The van der Waals surface area contributed by atoms with Crippen molar-refractivity contribution in [2.45, 2.75) is 25.8 Å². The molecule has 1 heterocycles. The van der Waals surface area contributed by atoms with Gasteiger partial charge in [0.15, 0.2) is 0 Å². The number of halogens is 2. The summed E-state index contributed by atoms with van der Waals surface area (Å²) in [5, 5.41) is 3.50. The van der Waals surface area contributed by atoms with E-state index >= 15 is 0 Å². The molecule has 1 saturated heterocycles. The summed E-state index contributed by atoms with van der Waals surface area (Å²) in [6.45, 7) is 5.90. The monoisotopic (exact) mass is 320 g/mol. The summed E-state index contributed by atoms with van der Waals surface area (Å²) >= 11 is 0. The van der Waals surface area contributed by atoms with Crippen molar-refractivity contribution in [1.82, 2.24) is 10.2 Å². The Morgan fingerprint density at radius 3 is 2.35 bits per heavy atom. The summed E-state index contributed by atoms with van der Waals surface area (Å²) in [6.07, 6.45) is 4.02. The van der Waals surface area contributed by atoms with Crippen LogP contribution in [-0.4, -0.2) is 38.2 Å². The largest absolute Gasteiger partial charge is 0.497 e. The van der Waals surface area contributed by atoms with Crippen molar-refractivity contribution in [2.75, 3.05) is 33.3 Å². The third-order valence-corrected chi connectivity index (χ3v) is 3.51. The molecule has 0 radical (unpaired) electrons. The van der Waals surface area contributed by atoms with Gasteiger partial charge in [-0.2, -0.15) is 0 Å². The van der Waals surface area contributed by atoms with Crippen LogP contribution in [0.1, 0.15) is 24.8 Å². The van der Waals surface area contributed by atoms with E-state index in [1.54, 1.807) is 7.11 Å². The van der Waals surface area contributed by atoms with Crippen molar-refractivity contribution in [3.63, 3.8) is 0 Å². The highest BCUT2D eigenvalue weighted by atomic mass is 35.5. The minimum absolute atomic E-state index is 0. The molecule has 1 fully saturated rings. The third-order valence-electron chi connectivity index (χ3n) is 3.51. The molecule has 0 spiro atoms. The lowest BCUT2D eigenvalue weighted by atomic mass is 10.2. The number of methoxy groups -OCH3 is 1. The maximum Gasteiger partial charge on any atom is 0.118 e. The standard InChI is InChI=1S/C15H24N2O.2ClH/c1-18-15-7-5-14(6-8-15)13-16-9-4-12-17-10-2-3-11-17;;/h5-8,16H,2-4,9-13H2,1H3;2*1H. The summed E-state index contributed by atoms with van der Waals surface area (Å²) in [6, 6.07) is 8.26. The minimum Gasteiger partial charge on any atom is -0.497 e. The van der Waals surface area contributed by atoms with Crippen molar-refractivity contribution < 1.29 is 4.74 Å². The molecule has 0 aromatic heterocycles. The average Bonchev–Trinajstić information content (AvgIpc) is 2.92. The van der Waals surface area contributed by atoms with Gasteiger partial charge in [0.05, 0.1) is 7.11 Å². The van der Waals surface area contributed by atoms with Crippen LogP contribution in [0.4, 0.5) is 0 Å². The molecule has 0 aliphatic carbocycles. The Morgan fingerprint density at radius 2 is 1.75 bits per heavy atom. The number of hydrogen-bond acceptors (Lipinski definition) is 3. The summed E-state index contributed by atoms with van der Waals surface area (Å²) in [7, 11) is 1.70. The summed E-state index contributed by atoms with van der Waals surface area (Å²) in [5.74, 6) is 0.924. The van der Waals surface area contributed by atoms with Crippen LogP contribution in [0.5, 0.6) is 5.75 Å². The molecule has 20 heavy (non-hydrogen) atoms. The molecule has 0 saturated carbocycles. The van der Waals surface area contributed by atoms with Crippen LogP contribution in [0, 0.1) is 0 Å². The fraction of sp³-hybridized carbons (Fsp3) is 0.600. The number of ether oxygens (including phenoxy) is 1. The quantitative estimate of drug-likeness (QED) is 0.781. The van der Waals surface area contributed by atoms with Crippen LogP contribution < -0.4 is 10.1 Å². The number of likely N-dealkylation sites (tertiary alicyclic amines) is 1. The first-order valence-electron chi connectivity index (χ1n) is 6.94. The highest BCUT2D eigenvalue weighted by molar-refractivity contribution is 5.85. The van der Waals surface area contributed by atoms with Gasteiger partial charge < -0.3 is 15.0 Å². The van der Waals surface area contributed by atoms with Gasteiger partial charge in [-0.1, -0.05) is 12.1 Å². The van der Waals surface area contributed by atoms with E-state index in [0.29, 0.717) is 0 Å². The predicted octanol–water partition coefficient (Wildman–Crippen LogP) is 3.11. The molecule has 116 valence electrons. The van der Waals surface area contributed by atoms with Gasteiger partial charge in [-0.25, -0.2) is 0 Å². The normalized spacial score (nSPS) is 14.4. The Labute approximate surface area is 134 Å². The third kappa shape index (κ3) is 6.80. The van der Waals surface area contributed by atoms with Gasteiger partial charge in [-0.05, 0) is 63.1 Å². The number of nitrogens with zero attached hydrogens (tertiary/aromatic N) is 1. The highest BCUT2D eigenvalue weighted by Crippen LogP contribution is 2.11. The maximum absolute atomic E-state index is 5.14. The van der Waals surface area contributed by atoms with E-state index in [9.17, 15) is 0 Å². The molecule has 0 atom stereocenters. The van der Waals surface area contributed by atoms with Crippen molar-refractivity contribution in [2.24, 2.45) is 0 Å². The first-order chi connectivity index (χ1) is 8.88. The van der Waals surface area contributed by atoms with E-state index in [2.05, 4.69) is 22.3 Å². The second-order valence-corrected chi connectivity index (χ2v) is 4.93. The number of rotatable bonds is 7. The van der Waals surface area contributed by atoms with Crippen LogP contribution in [0.25, 0.3) is 0 Å². The first kappa shape index (κ1) is 19.5. The Hall–Kier alpha value is -0.480. The van der Waals surface area contributed by atoms with E-state index < -0.39 is 0 Å². The van der Waals surface area contributed by atoms with Gasteiger partial charge in [0.25, 0.3) is 0 Å². The number of nitrogens with one attached hydrogen (secondary N) is 1. The molecule has 1 aliphatic heterocycles. The Morgan fingerprint density at radius 1 is 1.10 bits per heavy atom. The molecule has 3 nitrogen and oxygen atoms in total. The van der Waals surface area contributed by atoms with Crippen LogP contribution >= 0.6 is 24.8 Å². The molecule has 0 bridgehead atoms. The van der Waals surface area contributed by atoms with Crippen LogP contribution in [-0.2, 0) is 6.54 Å². The smallest absolute Gasteiger partial charge is 0.118 e. The zero-order valence-electron chi connectivity index (χ0n) is 12.1. The number of benzene rings is 1. The van der Waals surface area contributed by atoms with E-state index in [-0.39, 0.29) is 24.8 Å². The maximum atomic E-state index is 5.14. The molecule has 1 aromatic rings. The van der Waals surface area contributed by atoms with Crippen LogP contribution in [0.15, 0.2) is 24.3 Å². The molecule has 1 aliphatic rings. The van der Waals surface area contributed by atoms with Crippen molar-refractivity contribution in [3.05, 3.63) is 29.8 Å². The minimum atomic E-state index is 0. The molecular formula is C15H26Cl2N2O. The lowest BCUT2D eigenvalue weighted by molar-refractivity contribution is 0.331. The van der Waals surface area contributed by atoms with E-state index in [0.717, 1.165) is 18.8 Å². The molecule has 5 heteroatoms. The van der Waals surface area contributed by atoms with Gasteiger partial charge in [0.1, 0.15) is 5.75 Å². The Bertz CT molecular complexity index is 340. The lowest BCUT2D eigenvalue weighted by Gasteiger charge is -2.14. The Kier molecular flexibility index (Phi) is 10.9. The van der Waals surface area contributed by atoms with Crippen molar-refractivity contribution in [1.29, 1.82) is 0 Å². The highest BCUT2D eigenvalue weighted by Gasteiger charge is 2.09. The molecule has 1 aromatic carbocycles. The van der Waals surface area contributed by atoms with E-state index in [1.807, 2.05) is 12.1 Å². The topological polar surface area (TPSA) is 24.5 Å². The van der Waals surface area contributed by atoms with Gasteiger partial charge in [0.2, 0.25) is 0 Å². The van der Waals surface area contributed by atoms with Crippen molar-refractivity contribution in [3.8, 4) is 5.75 Å². The van der Waals surface area contributed by atoms with Gasteiger partial charge in [-0.15, -0.1) is 24.8 Å². The van der Waals surface area contributed by atoms with Crippen molar-refractivity contribution >= 4 is 24.8 Å². The summed E-state index contributed by atoms with van der Waals surface area (Å²) in [5.41, 5.74) is 1.32. The van der Waals surface area contributed by atoms with Gasteiger partial charge in [-0.3, -0.25) is 0 Å². The van der Waals surface area contributed by atoms with Crippen LogP contribution in [0.2, 0.25) is 0 Å². The first-order valence-corrected chi connectivity index (χ1v) is 6.94. The van der Waals surface area contributed by atoms with E-state index in [4.69, 9.17) is 4.74 Å². The molecule has 0 amide bonds. The fourth-order valence-electron chi connectivity index (χ4n) is 2.41. The molecule has 0 unspecified atom stereocenters. The Balaban J connectivity index is 0.00000180. The van der Waals surface area contributed by atoms with Crippen LogP contribution in [0.3, 0.4) is 0 Å². The average molecular weight is 321 g/mol. The molecular weight excluding hydrogens is 295 g/mol.